The van der Waals surface area contributed by atoms with Crippen molar-refractivity contribution in [2.45, 2.75) is 86.7 Å². The summed E-state index contributed by atoms with van der Waals surface area (Å²) in [5, 5.41) is 13.2. The molecule has 0 radical (unpaired) electrons. The van der Waals surface area contributed by atoms with Crippen LogP contribution in [-0.2, 0) is 17.8 Å². The highest BCUT2D eigenvalue weighted by atomic mass is 16.3. The Bertz CT molecular complexity index is 674. The fourth-order valence-corrected chi connectivity index (χ4v) is 3.98. The summed E-state index contributed by atoms with van der Waals surface area (Å²) in [6.45, 7) is 14.3. The molecule has 27 heavy (non-hydrogen) atoms. The van der Waals surface area contributed by atoms with Gasteiger partial charge in [-0.15, -0.1) is 0 Å². The number of unbranched alkanes of at least 4 members (excludes halogenated alkanes) is 3. The van der Waals surface area contributed by atoms with Gasteiger partial charge in [0.1, 0.15) is 0 Å². The molecule has 4 heteroatoms. The number of amides is 1. The first-order valence-corrected chi connectivity index (χ1v) is 10.5. The number of benzene rings is 1. The largest absolute Gasteiger partial charge is 0.392 e. The highest BCUT2D eigenvalue weighted by Gasteiger charge is 2.29. The maximum atomic E-state index is 12.8. The van der Waals surface area contributed by atoms with Crippen molar-refractivity contribution >= 4 is 17.3 Å². The zero-order chi connectivity index (χ0) is 20.2. The van der Waals surface area contributed by atoms with E-state index in [-0.39, 0.29) is 12.5 Å². The Kier molecular flexibility index (Phi) is 7.32. The average Bonchev–Trinajstić information content (AvgIpc) is 2.61. The summed E-state index contributed by atoms with van der Waals surface area (Å²) in [6, 6.07) is 0. The van der Waals surface area contributed by atoms with Gasteiger partial charge in [0.15, 0.2) is 0 Å². The number of nitrogens with one attached hydrogen (secondary N) is 1. The molecule has 1 aliphatic heterocycles. The van der Waals surface area contributed by atoms with E-state index in [1.807, 2.05) is 27.7 Å². The summed E-state index contributed by atoms with van der Waals surface area (Å²) >= 11 is 0. The molecule has 1 aromatic rings. The quantitative estimate of drug-likeness (QED) is 0.652. The molecule has 2 N–H and O–H groups in total. The van der Waals surface area contributed by atoms with E-state index in [2.05, 4.69) is 24.1 Å². The number of carbonyl (C=O) groups is 1. The van der Waals surface area contributed by atoms with Gasteiger partial charge in [-0.2, -0.15) is 0 Å². The number of nitrogens with zero attached hydrogens (tertiary/aromatic N) is 1. The number of rotatable bonds is 7. The van der Waals surface area contributed by atoms with Crippen LogP contribution in [0.4, 0.5) is 11.4 Å². The molecular weight excluding hydrogens is 336 g/mol. The van der Waals surface area contributed by atoms with Crippen molar-refractivity contribution in [3.05, 3.63) is 22.3 Å². The Morgan fingerprint density at radius 3 is 2.44 bits per heavy atom. The van der Waals surface area contributed by atoms with E-state index in [9.17, 15) is 9.90 Å². The van der Waals surface area contributed by atoms with Crippen LogP contribution in [0.15, 0.2) is 0 Å². The number of hydrogen-bond acceptors (Lipinski definition) is 3. The molecule has 0 spiro atoms. The number of carbonyl (C=O) groups excluding carboxylic acids is 1. The highest BCUT2D eigenvalue weighted by molar-refractivity contribution is 5.99. The van der Waals surface area contributed by atoms with Gasteiger partial charge in [-0.3, -0.25) is 4.79 Å². The zero-order valence-electron chi connectivity index (χ0n) is 18.2. The summed E-state index contributed by atoms with van der Waals surface area (Å²) in [5.74, 6) is 0.0250. The van der Waals surface area contributed by atoms with Crippen molar-refractivity contribution < 1.29 is 9.90 Å². The van der Waals surface area contributed by atoms with Gasteiger partial charge in [0.2, 0.25) is 5.91 Å². The highest BCUT2D eigenvalue weighted by Crippen LogP contribution is 2.42. The molecule has 0 atom stereocenters. The standard InChI is InChI=1S/C23H38N2O2/c1-7-8-9-10-13-25-14-11-12-18-16(2)19(15-26)17(3)20(21(18)25)24-22(27)23(4,5)6/h26H,7-15H2,1-6H3,(H,24,27). The minimum absolute atomic E-state index is 0.0137. The van der Waals surface area contributed by atoms with E-state index in [4.69, 9.17) is 0 Å². The lowest BCUT2D eigenvalue weighted by molar-refractivity contribution is -0.123. The van der Waals surface area contributed by atoms with Crippen LogP contribution in [0.25, 0.3) is 0 Å². The summed E-state index contributed by atoms with van der Waals surface area (Å²) in [6.07, 6.45) is 7.08. The normalized spacial score (nSPS) is 14.3. The topological polar surface area (TPSA) is 52.6 Å². The Labute approximate surface area is 165 Å². The molecule has 1 heterocycles. The molecule has 0 aromatic heterocycles. The Morgan fingerprint density at radius 1 is 1.15 bits per heavy atom. The van der Waals surface area contributed by atoms with Gasteiger partial charge in [-0.1, -0.05) is 47.0 Å². The second kappa shape index (κ2) is 9.09. The minimum Gasteiger partial charge on any atom is -0.392 e. The maximum Gasteiger partial charge on any atom is 0.229 e. The molecule has 0 saturated carbocycles. The minimum atomic E-state index is -0.454. The van der Waals surface area contributed by atoms with Crippen molar-refractivity contribution in [3.63, 3.8) is 0 Å². The Balaban J connectivity index is 2.48. The molecule has 1 amide bonds. The molecular formula is C23H38N2O2. The van der Waals surface area contributed by atoms with Crippen LogP contribution in [0, 0.1) is 19.3 Å². The smallest absolute Gasteiger partial charge is 0.229 e. The van der Waals surface area contributed by atoms with Gasteiger partial charge in [-0.05, 0) is 55.4 Å². The van der Waals surface area contributed by atoms with Crippen molar-refractivity contribution in [2.24, 2.45) is 5.41 Å². The van der Waals surface area contributed by atoms with E-state index in [1.54, 1.807) is 0 Å². The fraction of sp³-hybridized carbons (Fsp3) is 0.696. The van der Waals surface area contributed by atoms with E-state index in [0.29, 0.717) is 0 Å². The first kappa shape index (κ1) is 21.7. The monoisotopic (exact) mass is 374 g/mol. The predicted molar refractivity (Wildman–Crippen MR) is 115 cm³/mol. The lowest BCUT2D eigenvalue weighted by atomic mass is 9.88. The first-order chi connectivity index (χ1) is 12.7. The number of anilines is 2. The van der Waals surface area contributed by atoms with Gasteiger partial charge in [0, 0.05) is 18.5 Å². The van der Waals surface area contributed by atoms with Gasteiger partial charge < -0.3 is 15.3 Å². The van der Waals surface area contributed by atoms with Gasteiger partial charge in [-0.25, -0.2) is 0 Å². The lowest BCUT2D eigenvalue weighted by Crippen LogP contribution is -2.34. The van der Waals surface area contributed by atoms with Crippen LogP contribution < -0.4 is 10.2 Å². The maximum absolute atomic E-state index is 12.8. The van der Waals surface area contributed by atoms with E-state index in [0.717, 1.165) is 42.7 Å². The number of aliphatic hydroxyl groups is 1. The molecule has 0 fully saturated rings. The van der Waals surface area contributed by atoms with Crippen LogP contribution >= 0.6 is 0 Å². The summed E-state index contributed by atoms with van der Waals surface area (Å²) in [7, 11) is 0. The molecule has 1 aromatic carbocycles. The van der Waals surface area contributed by atoms with Crippen LogP contribution in [0.1, 0.15) is 82.1 Å². The molecule has 2 rings (SSSR count). The number of aliphatic hydroxyl groups excluding tert-OH is 1. The SMILES string of the molecule is CCCCCCN1CCCc2c(C)c(CO)c(C)c(NC(=O)C(C)(C)C)c21. The molecule has 1 aliphatic rings. The third kappa shape index (κ3) is 4.84. The van der Waals surface area contributed by atoms with E-state index < -0.39 is 5.41 Å². The van der Waals surface area contributed by atoms with Gasteiger partial charge in [0.25, 0.3) is 0 Å². The second-order valence-electron chi connectivity index (χ2n) is 8.94. The Morgan fingerprint density at radius 2 is 1.85 bits per heavy atom. The van der Waals surface area contributed by atoms with Crippen molar-refractivity contribution in [3.8, 4) is 0 Å². The molecule has 152 valence electrons. The number of fused-ring (bicyclic) bond motifs is 1. The van der Waals surface area contributed by atoms with Crippen LogP contribution in [0.3, 0.4) is 0 Å². The molecule has 0 saturated heterocycles. The Hall–Kier alpha value is -1.55. The van der Waals surface area contributed by atoms with Crippen LogP contribution in [0.2, 0.25) is 0 Å². The third-order valence-electron chi connectivity index (χ3n) is 5.79. The van der Waals surface area contributed by atoms with Crippen LogP contribution in [0.5, 0.6) is 0 Å². The van der Waals surface area contributed by atoms with E-state index >= 15 is 0 Å². The molecule has 4 nitrogen and oxygen atoms in total. The average molecular weight is 375 g/mol. The second-order valence-corrected chi connectivity index (χ2v) is 8.94. The first-order valence-electron chi connectivity index (χ1n) is 10.5. The van der Waals surface area contributed by atoms with E-state index in [1.165, 1.54) is 42.5 Å². The van der Waals surface area contributed by atoms with Gasteiger partial charge in [0.05, 0.1) is 18.0 Å². The summed E-state index contributed by atoms with van der Waals surface area (Å²) in [4.78, 5) is 15.2. The third-order valence-corrected chi connectivity index (χ3v) is 5.79. The zero-order valence-corrected chi connectivity index (χ0v) is 18.2. The van der Waals surface area contributed by atoms with Crippen molar-refractivity contribution in [1.82, 2.24) is 0 Å². The van der Waals surface area contributed by atoms with Crippen LogP contribution in [-0.4, -0.2) is 24.1 Å². The van der Waals surface area contributed by atoms with Gasteiger partial charge >= 0.3 is 0 Å². The number of hydrogen-bond donors (Lipinski definition) is 2. The molecule has 0 bridgehead atoms. The predicted octanol–water partition coefficient (Wildman–Crippen LogP) is 5.11. The molecule has 0 unspecified atom stereocenters. The molecule has 0 aliphatic carbocycles. The fourth-order valence-electron chi connectivity index (χ4n) is 3.98. The summed E-state index contributed by atoms with van der Waals surface area (Å²) < 4.78 is 0. The lowest BCUT2D eigenvalue weighted by Gasteiger charge is -2.36. The summed E-state index contributed by atoms with van der Waals surface area (Å²) in [5.41, 5.74) is 6.12. The van der Waals surface area contributed by atoms with Crippen molar-refractivity contribution in [1.29, 1.82) is 0 Å². The van der Waals surface area contributed by atoms with Crippen molar-refractivity contribution in [2.75, 3.05) is 23.3 Å².